The van der Waals surface area contributed by atoms with Gasteiger partial charge in [0.15, 0.2) is 5.82 Å². The van der Waals surface area contributed by atoms with Crippen molar-refractivity contribution in [3.63, 3.8) is 0 Å². The number of carbonyl (C=O) groups is 1. The minimum Gasteiger partial charge on any atom is -0.494 e. The molecule has 1 amide bonds. The van der Waals surface area contributed by atoms with Crippen LogP contribution < -0.4 is 10.5 Å². The molecule has 0 spiro atoms. The maximum absolute atomic E-state index is 13.6. The number of nitrogens with two attached hydrogens (primary N) is 1. The fraction of sp³-hybridized carbons (Fsp3) is 0.531. The van der Waals surface area contributed by atoms with Gasteiger partial charge in [-0.05, 0) is 74.8 Å². The van der Waals surface area contributed by atoms with Crippen molar-refractivity contribution >= 4 is 28.0 Å². The summed E-state index contributed by atoms with van der Waals surface area (Å²) in [5.41, 5.74) is 11.8. The van der Waals surface area contributed by atoms with E-state index in [9.17, 15) is 4.79 Å². The second kappa shape index (κ2) is 10.1. The molecule has 2 saturated heterocycles. The lowest BCUT2D eigenvalue weighted by Crippen LogP contribution is -2.40. The van der Waals surface area contributed by atoms with Gasteiger partial charge in [-0.3, -0.25) is 4.79 Å². The van der Waals surface area contributed by atoms with E-state index >= 15 is 0 Å². The molecule has 0 radical (unpaired) electrons. The zero-order chi connectivity index (χ0) is 28.4. The van der Waals surface area contributed by atoms with Gasteiger partial charge in [-0.25, -0.2) is 9.97 Å². The van der Waals surface area contributed by atoms with E-state index in [1.165, 1.54) is 12.8 Å². The predicted molar refractivity (Wildman–Crippen MR) is 159 cm³/mol. The molecule has 3 fully saturated rings. The highest BCUT2D eigenvalue weighted by atomic mass is 16.5. The lowest BCUT2D eigenvalue weighted by Gasteiger charge is -2.23. The number of methoxy groups -OCH3 is 1. The summed E-state index contributed by atoms with van der Waals surface area (Å²) in [6.07, 6.45) is 4.53. The minimum atomic E-state index is -0.0302. The molecule has 1 aliphatic carbocycles. The van der Waals surface area contributed by atoms with Crippen molar-refractivity contribution < 1.29 is 14.3 Å². The molecule has 2 N–H and O–H groups in total. The Kier molecular flexibility index (Phi) is 6.54. The molecule has 9 heteroatoms. The fourth-order valence-corrected chi connectivity index (χ4v) is 6.83. The first-order valence-electron chi connectivity index (χ1n) is 15.0. The Balaban J connectivity index is 1.33. The first kappa shape index (κ1) is 26.5. The second-order valence-corrected chi connectivity index (χ2v) is 12.4. The Bertz CT molecular complexity index is 1630. The number of hydrogen-bond acceptors (Lipinski definition) is 6. The molecule has 216 valence electrons. The summed E-state index contributed by atoms with van der Waals surface area (Å²) in [5.74, 6) is 2.82. The van der Waals surface area contributed by atoms with Crippen LogP contribution >= 0.6 is 0 Å². The highest BCUT2D eigenvalue weighted by Gasteiger charge is 2.37. The largest absolute Gasteiger partial charge is 0.494 e. The third-order valence-corrected chi connectivity index (χ3v) is 9.62. The molecular weight excluding hydrogens is 516 g/mol. The van der Waals surface area contributed by atoms with E-state index < -0.39 is 0 Å². The minimum absolute atomic E-state index is 0.0184. The van der Waals surface area contributed by atoms with Crippen LogP contribution in [0.4, 0.5) is 0 Å². The van der Waals surface area contributed by atoms with E-state index in [4.69, 9.17) is 25.2 Å². The molecule has 1 aromatic carbocycles. The average Bonchev–Trinajstić information content (AvgIpc) is 3.59. The molecule has 4 aromatic rings. The van der Waals surface area contributed by atoms with Crippen molar-refractivity contribution in [2.24, 2.45) is 24.6 Å². The standard InChI is InChI=1S/C32H40N6O3/c1-18-16-37(19(2)28(18)33)32(39)23-13-25-29(27(15-23)40-4)36(3)31(35-25)26-14-22-7-8-24(21-9-11-41-12-10-21)34-30(22)38(26)17-20-5-6-20/h7-8,13-15,18-21,28H,5-6,9-12,16-17,33H2,1-4H3. The number of hydrogen-bond donors (Lipinski definition) is 1. The van der Waals surface area contributed by atoms with Crippen molar-refractivity contribution in [3.05, 3.63) is 41.6 Å². The maximum atomic E-state index is 13.6. The van der Waals surface area contributed by atoms with E-state index in [1.54, 1.807) is 7.11 Å². The van der Waals surface area contributed by atoms with Crippen molar-refractivity contribution in [2.45, 2.75) is 64.1 Å². The van der Waals surface area contributed by atoms with Gasteiger partial charge in [0.2, 0.25) is 0 Å². The number of ether oxygens (including phenoxy) is 2. The van der Waals surface area contributed by atoms with Crippen LogP contribution in [0.25, 0.3) is 33.6 Å². The van der Waals surface area contributed by atoms with Gasteiger partial charge >= 0.3 is 0 Å². The Morgan fingerprint density at radius 1 is 1.10 bits per heavy atom. The Labute approximate surface area is 240 Å². The highest BCUT2D eigenvalue weighted by molar-refractivity contribution is 6.00. The molecule has 3 atom stereocenters. The van der Waals surface area contributed by atoms with Crippen LogP contribution in [-0.2, 0) is 18.3 Å². The molecule has 3 unspecified atom stereocenters. The fourth-order valence-electron chi connectivity index (χ4n) is 6.83. The summed E-state index contributed by atoms with van der Waals surface area (Å²) in [5, 5.41) is 1.12. The molecule has 3 aliphatic rings. The molecule has 0 bridgehead atoms. The predicted octanol–water partition coefficient (Wildman–Crippen LogP) is 4.71. The van der Waals surface area contributed by atoms with Crippen LogP contribution in [0.1, 0.15) is 61.5 Å². The number of aromatic nitrogens is 4. The van der Waals surface area contributed by atoms with Crippen LogP contribution in [0.2, 0.25) is 0 Å². The third kappa shape index (κ3) is 4.50. The molecule has 9 nitrogen and oxygen atoms in total. The third-order valence-electron chi connectivity index (χ3n) is 9.62. The number of fused-ring (bicyclic) bond motifs is 2. The number of pyridine rings is 1. The highest BCUT2D eigenvalue weighted by Crippen LogP contribution is 2.38. The Morgan fingerprint density at radius 2 is 1.88 bits per heavy atom. The van der Waals surface area contributed by atoms with Gasteiger partial charge in [0, 0.05) is 68.0 Å². The zero-order valence-corrected chi connectivity index (χ0v) is 24.5. The number of rotatable bonds is 6. The van der Waals surface area contributed by atoms with E-state index in [-0.39, 0.29) is 23.9 Å². The lowest BCUT2D eigenvalue weighted by atomic mass is 9.96. The zero-order valence-electron chi connectivity index (χ0n) is 24.5. The topological polar surface area (TPSA) is 100 Å². The van der Waals surface area contributed by atoms with Crippen molar-refractivity contribution in [3.8, 4) is 17.3 Å². The van der Waals surface area contributed by atoms with Gasteiger partial charge in [0.25, 0.3) is 5.91 Å². The summed E-state index contributed by atoms with van der Waals surface area (Å²) in [4.78, 5) is 25.9. The quantitative estimate of drug-likeness (QED) is 0.369. The van der Waals surface area contributed by atoms with Gasteiger partial charge in [0.05, 0.1) is 18.3 Å². The first-order chi connectivity index (χ1) is 19.8. The Hall–Kier alpha value is -3.43. The number of aryl methyl sites for hydroxylation is 1. The van der Waals surface area contributed by atoms with Crippen LogP contribution in [-0.4, -0.2) is 68.9 Å². The average molecular weight is 557 g/mol. The van der Waals surface area contributed by atoms with Gasteiger partial charge in [-0.2, -0.15) is 0 Å². The molecule has 7 rings (SSSR count). The lowest BCUT2D eigenvalue weighted by molar-refractivity contribution is 0.0739. The van der Waals surface area contributed by atoms with Crippen molar-refractivity contribution in [2.75, 3.05) is 26.9 Å². The number of nitrogens with zero attached hydrogens (tertiary/aromatic N) is 5. The van der Waals surface area contributed by atoms with Gasteiger partial charge in [-0.15, -0.1) is 0 Å². The van der Waals surface area contributed by atoms with Crippen LogP contribution in [0, 0.1) is 11.8 Å². The van der Waals surface area contributed by atoms with E-state index in [0.29, 0.717) is 29.7 Å². The van der Waals surface area contributed by atoms with Crippen LogP contribution in [0.3, 0.4) is 0 Å². The molecule has 1 saturated carbocycles. The van der Waals surface area contributed by atoms with E-state index in [2.05, 4.69) is 34.3 Å². The summed E-state index contributed by atoms with van der Waals surface area (Å²) in [6, 6.07) is 10.3. The molecule has 5 heterocycles. The monoisotopic (exact) mass is 556 g/mol. The number of carbonyl (C=O) groups excluding carboxylic acids is 1. The van der Waals surface area contributed by atoms with E-state index in [0.717, 1.165) is 71.9 Å². The Morgan fingerprint density at radius 3 is 2.56 bits per heavy atom. The summed E-state index contributed by atoms with van der Waals surface area (Å²) in [6.45, 7) is 7.31. The summed E-state index contributed by atoms with van der Waals surface area (Å²) >= 11 is 0. The maximum Gasteiger partial charge on any atom is 0.254 e. The number of likely N-dealkylation sites (tertiary alicyclic amines) is 1. The molecular formula is C32H40N6O3. The SMILES string of the molecule is COc1cc(C(=O)N2CC(C)C(N)C2C)cc2nc(-c3cc4ccc(C5CCOCC5)nc4n3CC3CC3)n(C)c12. The van der Waals surface area contributed by atoms with Gasteiger partial charge in [-0.1, -0.05) is 6.92 Å². The van der Waals surface area contributed by atoms with Crippen LogP contribution in [0.15, 0.2) is 30.3 Å². The normalized spacial score (nSPS) is 23.6. The summed E-state index contributed by atoms with van der Waals surface area (Å²) in [7, 11) is 3.68. The number of benzene rings is 1. The molecule has 41 heavy (non-hydrogen) atoms. The second-order valence-electron chi connectivity index (χ2n) is 12.4. The molecule has 2 aliphatic heterocycles. The smallest absolute Gasteiger partial charge is 0.254 e. The number of amides is 1. The van der Waals surface area contributed by atoms with Crippen LogP contribution in [0.5, 0.6) is 5.75 Å². The van der Waals surface area contributed by atoms with Gasteiger partial charge < -0.3 is 29.2 Å². The van der Waals surface area contributed by atoms with E-state index in [1.807, 2.05) is 31.0 Å². The summed E-state index contributed by atoms with van der Waals surface area (Å²) < 4.78 is 15.9. The van der Waals surface area contributed by atoms with Crippen molar-refractivity contribution in [1.29, 1.82) is 0 Å². The first-order valence-corrected chi connectivity index (χ1v) is 15.0. The van der Waals surface area contributed by atoms with Crippen molar-refractivity contribution in [1.82, 2.24) is 24.0 Å². The van der Waals surface area contributed by atoms with Gasteiger partial charge in [0.1, 0.15) is 16.9 Å². The number of imidazole rings is 1. The molecule has 3 aromatic heterocycles.